The number of hydrogen-bond donors (Lipinski definition) is 1. The maximum Gasteiger partial charge on any atom is 0.0704 e. The maximum atomic E-state index is 4.43. The molecule has 1 unspecified atom stereocenters. The van der Waals surface area contributed by atoms with Crippen molar-refractivity contribution in [3.05, 3.63) is 71.7 Å². The molecule has 3 heteroatoms. The smallest absolute Gasteiger partial charge is 0.0704 e. The van der Waals surface area contributed by atoms with Crippen LogP contribution in [-0.2, 0) is 6.42 Å². The monoisotopic (exact) mass is 277 g/mol. The van der Waals surface area contributed by atoms with E-state index in [0.717, 1.165) is 17.6 Å². The molecule has 0 aliphatic rings. The standard InChI is InChI=1S/C18H19N3/c1-13-11-15(8-9-20-13)18(19-2)12-14-7-10-21-17-6-4-3-5-16(14)17/h3-11,18-19H,12H2,1-2H3. The molecule has 106 valence electrons. The number of likely N-dealkylation sites (N-methyl/N-ethyl adjacent to an activating group) is 1. The number of rotatable bonds is 4. The molecule has 3 aromatic rings. The summed E-state index contributed by atoms with van der Waals surface area (Å²) in [5.74, 6) is 0. The molecule has 0 aliphatic carbocycles. The van der Waals surface area contributed by atoms with Gasteiger partial charge in [0.05, 0.1) is 5.52 Å². The second-order valence-corrected chi connectivity index (χ2v) is 5.26. The van der Waals surface area contributed by atoms with E-state index in [1.165, 1.54) is 16.5 Å². The van der Waals surface area contributed by atoms with Crippen LogP contribution in [-0.4, -0.2) is 17.0 Å². The van der Waals surface area contributed by atoms with Crippen molar-refractivity contribution in [2.75, 3.05) is 7.05 Å². The van der Waals surface area contributed by atoms with Crippen molar-refractivity contribution in [2.24, 2.45) is 0 Å². The van der Waals surface area contributed by atoms with Crippen molar-refractivity contribution in [3.63, 3.8) is 0 Å². The van der Waals surface area contributed by atoms with Crippen LogP contribution in [0.15, 0.2) is 54.9 Å². The van der Waals surface area contributed by atoms with Crippen molar-refractivity contribution < 1.29 is 0 Å². The second-order valence-electron chi connectivity index (χ2n) is 5.26. The molecule has 1 aromatic carbocycles. The molecule has 2 aromatic heterocycles. The van der Waals surface area contributed by atoms with E-state index < -0.39 is 0 Å². The van der Waals surface area contributed by atoms with Crippen LogP contribution < -0.4 is 5.32 Å². The fourth-order valence-corrected chi connectivity index (χ4v) is 2.72. The predicted molar refractivity (Wildman–Crippen MR) is 86.2 cm³/mol. The summed E-state index contributed by atoms with van der Waals surface area (Å²) >= 11 is 0. The summed E-state index contributed by atoms with van der Waals surface area (Å²) in [6.45, 7) is 2.03. The van der Waals surface area contributed by atoms with Gasteiger partial charge >= 0.3 is 0 Å². The average molecular weight is 277 g/mol. The highest BCUT2D eigenvalue weighted by Gasteiger charge is 2.12. The van der Waals surface area contributed by atoms with E-state index in [-0.39, 0.29) is 6.04 Å². The zero-order chi connectivity index (χ0) is 14.7. The van der Waals surface area contributed by atoms with E-state index in [9.17, 15) is 0 Å². The van der Waals surface area contributed by atoms with Gasteiger partial charge in [-0.3, -0.25) is 9.97 Å². The van der Waals surface area contributed by atoms with Crippen molar-refractivity contribution in [1.29, 1.82) is 0 Å². The van der Waals surface area contributed by atoms with E-state index in [0.29, 0.717) is 0 Å². The Labute approximate surface area is 125 Å². The Morgan fingerprint density at radius 3 is 2.67 bits per heavy atom. The molecule has 2 heterocycles. The van der Waals surface area contributed by atoms with Gasteiger partial charge in [0.15, 0.2) is 0 Å². The average Bonchev–Trinajstić information content (AvgIpc) is 2.52. The lowest BCUT2D eigenvalue weighted by Crippen LogP contribution is -2.19. The van der Waals surface area contributed by atoms with Gasteiger partial charge in [0.25, 0.3) is 0 Å². The van der Waals surface area contributed by atoms with E-state index in [2.05, 4.69) is 51.7 Å². The molecule has 0 saturated carbocycles. The van der Waals surface area contributed by atoms with E-state index in [4.69, 9.17) is 0 Å². The Kier molecular flexibility index (Phi) is 3.93. The first kappa shape index (κ1) is 13.7. The molecule has 0 bridgehead atoms. The fourth-order valence-electron chi connectivity index (χ4n) is 2.72. The summed E-state index contributed by atoms with van der Waals surface area (Å²) in [4.78, 5) is 8.71. The quantitative estimate of drug-likeness (QED) is 0.794. The third kappa shape index (κ3) is 2.93. The highest BCUT2D eigenvalue weighted by Crippen LogP contribution is 2.23. The Hall–Kier alpha value is -2.26. The Morgan fingerprint density at radius 2 is 1.86 bits per heavy atom. The van der Waals surface area contributed by atoms with Crippen molar-refractivity contribution in [2.45, 2.75) is 19.4 Å². The Morgan fingerprint density at radius 1 is 1.05 bits per heavy atom. The second kappa shape index (κ2) is 6.02. The number of benzene rings is 1. The van der Waals surface area contributed by atoms with Gasteiger partial charge < -0.3 is 5.32 Å². The van der Waals surface area contributed by atoms with Gasteiger partial charge in [-0.15, -0.1) is 0 Å². The first-order valence-corrected chi connectivity index (χ1v) is 7.20. The zero-order valence-electron chi connectivity index (χ0n) is 12.4. The molecule has 21 heavy (non-hydrogen) atoms. The van der Waals surface area contributed by atoms with Crippen molar-refractivity contribution in [1.82, 2.24) is 15.3 Å². The number of nitrogens with zero attached hydrogens (tertiary/aromatic N) is 2. The lowest BCUT2D eigenvalue weighted by Gasteiger charge is -2.18. The normalized spacial score (nSPS) is 12.5. The van der Waals surface area contributed by atoms with E-state index >= 15 is 0 Å². The molecule has 0 spiro atoms. The number of pyridine rings is 2. The van der Waals surface area contributed by atoms with E-state index in [1.54, 1.807) is 0 Å². The predicted octanol–water partition coefficient (Wildman–Crippen LogP) is 3.44. The number of aromatic nitrogens is 2. The van der Waals surface area contributed by atoms with Gasteiger partial charge in [-0.25, -0.2) is 0 Å². The summed E-state index contributed by atoms with van der Waals surface area (Å²) in [5.41, 5.74) is 4.68. The number of hydrogen-bond acceptors (Lipinski definition) is 3. The van der Waals surface area contributed by atoms with Crippen LogP contribution in [0.2, 0.25) is 0 Å². The number of aryl methyl sites for hydroxylation is 1. The molecule has 3 nitrogen and oxygen atoms in total. The first-order chi connectivity index (χ1) is 10.3. The van der Waals surface area contributed by atoms with E-state index in [1.807, 2.05) is 32.4 Å². The molecule has 0 saturated heterocycles. The lowest BCUT2D eigenvalue weighted by molar-refractivity contribution is 0.592. The van der Waals surface area contributed by atoms with Gasteiger partial charge in [0.1, 0.15) is 0 Å². The van der Waals surface area contributed by atoms with Crippen LogP contribution in [0.4, 0.5) is 0 Å². The Bertz CT molecular complexity index is 747. The molecule has 0 fully saturated rings. The highest BCUT2D eigenvalue weighted by molar-refractivity contribution is 5.81. The van der Waals surface area contributed by atoms with Crippen LogP contribution in [0.3, 0.4) is 0 Å². The van der Waals surface area contributed by atoms with Crippen LogP contribution in [0.1, 0.15) is 22.9 Å². The largest absolute Gasteiger partial charge is 0.313 e. The van der Waals surface area contributed by atoms with Crippen LogP contribution in [0.25, 0.3) is 10.9 Å². The maximum absolute atomic E-state index is 4.43. The van der Waals surface area contributed by atoms with Gasteiger partial charge in [-0.2, -0.15) is 0 Å². The molecule has 0 radical (unpaired) electrons. The third-order valence-corrected chi connectivity index (χ3v) is 3.83. The molecular weight excluding hydrogens is 258 g/mol. The SMILES string of the molecule is CNC(Cc1ccnc2ccccc12)c1ccnc(C)c1. The molecule has 0 aliphatic heterocycles. The van der Waals surface area contributed by atoms with Crippen LogP contribution in [0.5, 0.6) is 0 Å². The minimum atomic E-state index is 0.275. The Balaban J connectivity index is 1.96. The van der Waals surface area contributed by atoms with Gasteiger partial charge in [-0.05, 0) is 55.8 Å². The fraction of sp³-hybridized carbons (Fsp3) is 0.222. The number of nitrogens with one attached hydrogen (secondary N) is 1. The van der Waals surface area contributed by atoms with Gasteiger partial charge in [-0.1, -0.05) is 18.2 Å². The molecule has 3 rings (SSSR count). The highest BCUT2D eigenvalue weighted by atomic mass is 14.9. The molecule has 0 amide bonds. The van der Waals surface area contributed by atoms with Gasteiger partial charge in [0.2, 0.25) is 0 Å². The lowest BCUT2D eigenvalue weighted by atomic mass is 9.97. The summed E-state index contributed by atoms with van der Waals surface area (Å²) in [7, 11) is 2.00. The number of para-hydroxylation sites is 1. The molecular formula is C18H19N3. The summed E-state index contributed by atoms with van der Waals surface area (Å²) in [6, 6.07) is 14.9. The molecule has 1 N–H and O–H groups in total. The molecule has 1 atom stereocenters. The summed E-state index contributed by atoms with van der Waals surface area (Å²) in [5, 5.41) is 4.64. The minimum absolute atomic E-state index is 0.275. The van der Waals surface area contributed by atoms with Crippen LogP contribution in [0, 0.1) is 6.92 Å². The third-order valence-electron chi connectivity index (χ3n) is 3.83. The minimum Gasteiger partial charge on any atom is -0.313 e. The van der Waals surface area contributed by atoms with Gasteiger partial charge in [0, 0.05) is 29.5 Å². The van der Waals surface area contributed by atoms with Crippen molar-refractivity contribution in [3.8, 4) is 0 Å². The van der Waals surface area contributed by atoms with Crippen molar-refractivity contribution >= 4 is 10.9 Å². The number of fused-ring (bicyclic) bond motifs is 1. The first-order valence-electron chi connectivity index (χ1n) is 7.20. The summed E-state index contributed by atoms with van der Waals surface area (Å²) < 4.78 is 0. The van der Waals surface area contributed by atoms with Crippen LogP contribution >= 0.6 is 0 Å². The summed E-state index contributed by atoms with van der Waals surface area (Å²) in [6.07, 6.45) is 4.70. The zero-order valence-corrected chi connectivity index (χ0v) is 12.4. The topological polar surface area (TPSA) is 37.8 Å².